The smallest absolute Gasteiger partial charge is 0.275 e. The van der Waals surface area contributed by atoms with Gasteiger partial charge in [-0.05, 0) is 43.2 Å². The van der Waals surface area contributed by atoms with Crippen LogP contribution in [0.4, 0.5) is 17.2 Å². The highest BCUT2D eigenvalue weighted by molar-refractivity contribution is 6.31. The largest absolute Gasteiger partial charge is 0.339 e. The zero-order valence-electron chi connectivity index (χ0n) is 13.9. The summed E-state index contributed by atoms with van der Waals surface area (Å²) >= 11 is 6.11. The molecule has 0 saturated carbocycles. The molecule has 0 saturated heterocycles. The van der Waals surface area contributed by atoms with Gasteiger partial charge in [-0.3, -0.25) is 4.79 Å². The molecule has 1 heterocycles. The van der Waals surface area contributed by atoms with Crippen molar-refractivity contribution in [1.82, 2.24) is 9.97 Å². The first-order valence-corrected chi connectivity index (χ1v) is 8.13. The summed E-state index contributed by atoms with van der Waals surface area (Å²) in [6.07, 6.45) is 2.95. The minimum absolute atomic E-state index is 0.246. The predicted molar refractivity (Wildman–Crippen MR) is 101 cm³/mol. The Morgan fingerprint density at radius 1 is 1.00 bits per heavy atom. The highest BCUT2D eigenvalue weighted by atomic mass is 35.5. The van der Waals surface area contributed by atoms with E-state index < -0.39 is 0 Å². The highest BCUT2D eigenvalue weighted by Gasteiger charge is 2.10. The van der Waals surface area contributed by atoms with Gasteiger partial charge in [-0.25, -0.2) is 9.97 Å². The number of nitrogens with one attached hydrogen (secondary N) is 2. The molecule has 0 unspecified atom stereocenters. The molecule has 0 fully saturated rings. The number of rotatable bonds is 4. The minimum Gasteiger partial charge on any atom is -0.339 e. The lowest BCUT2D eigenvalue weighted by Gasteiger charge is -2.09. The van der Waals surface area contributed by atoms with Gasteiger partial charge < -0.3 is 10.6 Å². The third-order valence-electron chi connectivity index (χ3n) is 3.72. The van der Waals surface area contributed by atoms with Crippen molar-refractivity contribution in [3.8, 4) is 0 Å². The Morgan fingerprint density at radius 2 is 1.80 bits per heavy atom. The molecule has 0 aliphatic carbocycles. The maximum absolute atomic E-state index is 12.3. The number of carbonyl (C=O) groups excluding carboxylic acids is 1. The molecule has 3 aromatic rings. The van der Waals surface area contributed by atoms with Crippen LogP contribution in [0.5, 0.6) is 0 Å². The second-order valence-electron chi connectivity index (χ2n) is 5.64. The minimum atomic E-state index is -0.299. The van der Waals surface area contributed by atoms with Gasteiger partial charge in [0.05, 0.1) is 12.4 Å². The van der Waals surface area contributed by atoms with Crippen LogP contribution in [0.3, 0.4) is 0 Å². The molecule has 0 aliphatic rings. The first-order valence-electron chi connectivity index (χ1n) is 7.75. The van der Waals surface area contributed by atoms with Crippen LogP contribution in [0.25, 0.3) is 0 Å². The molecular weight excluding hydrogens is 336 g/mol. The zero-order valence-corrected chi connectivity index (χ0v) is 14.6. The Morgan fingerprint density at radius 3 is 2.48 bits per heavy atom. The van der Waals surface area contributed by atoms with Crippen LogP contribution in [0, 0.1) is 13.8 Å². The van der Waals surface area contributed by atoms with Gasteiger partial charge in [0.15, 0.2) is 0 Å². The van der Waals surface area contributed by atoms with Gasteiger partial charge in [0.25, 0.3) is 5.91 Å². The fourth-order valence-corrected chi connectivity index (χ4v) is 2.41. The van der Waals surface area contributed by atoms with Crippen molar-refractivity contribution < 1.29 is 4.79 Å². The van der Waals surface area contributed by atoms with Crippen molar-refractivity contribution in [1.29, 1.82) is 0 Å². The topological polar surface area (TPSA) is 66.9 Å². The predicted octanol–water partition coefficient (Wildman–Crippen LogP) is 4.74. The van der Waals surface area contributed by atoms with E-state index in [2.05, 4.69) is 20.6 Å². The molecule has 2 N–H and O–H groups in total. The van der Waals surface area contributed by atoms with Crippen LogP contribution in [-0.4, -0.2) is 15.9 Å². The molecule has 25 heavy (non-hydrogen) atoms. The maximum Gasteiger partial charge on any atom is 0.275 e. The summed E-state index contributed by atoms with van der Waals surface area (Å²) in [6.45, 7) is 3.87. The molecule has 2 aromatic carbocycles. The maximum atomic E-state index is 12.3. The number of para-hydroxylation sites is 1. The second-order valence-corrected chi connectivity index (χ2v) is 6.05. The van der Waals surface area contributed by atoms with E-state index in [0.29, 0.717) is 10.8 Å². The van der Waals surface area contributed by atoms with Gasteiger partial charge >= 0.3 is 0 Å². The third-order valence-corrected chi connectivity index (χ3v) is 4.13. The fourth-order valence-electron chi connectivity index (χ4n) is 2.23. The Kier molecular flexibility index (Phi) is 4.95. The summed E-state index contributed by atoms with van der Waals surface area (Å²) < 4.78 is 0. The lowest BCUT2D eigenvalue weighted by molar-refractivity contribution is 0.102. The van der Waals surface area contributed by atoms with Crippen LogP contribution in [0.15, 0.2) is 54.9 Å². The van der Waals surface area contributed by atoms with Crippen LogP contribution >= 0.6 is 11.6 Å². The Bertz CT molecular complexity index is 910. The second kappa shape index (κ2) is 7.32. The van der Waals surface area contributed by atoms with E-state index in [0.717, 1.165) is 22.5 Å². The molecule has 0 bridgehead atoms. The van der Waals surface area contributed by atoms with E-state index in [1.165, 1.54) is 12.4 Å². The molecule has 1 amide bonds. The molecule has 0 radical (unpaired) electrons. The number of carbonyl (C=O) groups is 1. The first-order chi connectivity index (χ1) is 12.0. The number of halogens is 1. The highest BCUT2D eigenvalue weighted by Crippen LogP contribution is 2.22. The van der Waals surface area contributed by atoms with E-state index in [1.807, 2.05) is 56.3 Å². The Labute approximate surface area is 151 Å². The Balaban J connectivity index is 1.70. The van der Waals surface area contributed by atoms with Crippen LogP contribution in [0.2, 0.25) is 5.02 Å². The van der Waals surface area contributed by atoms with Crippen molar-refractivity contribution in [2.75, 3.05) is 10.6 Å². The lowest BCUT2D eigenvalue weighted by Crippen LogP contribution is -2.15. The van der Waals surface area contributed by atoms with Gasteiger partial charge in [-0.15, -0.1) is 0 Å². The van der Waals surface area contributed by atoms with E-state index in [-0.39, 0.29) is 11.6 Å². The number of anilines is 3. The SMILES string of the molecule is Cc1ccc(Nc2cnc(C(=O)Nc3ccccc3C)cn2)cc1Cl. The summed E-state index contributed by atoms with van der Waals surface area (Å²) in [6, 6.07) is 13.2. The average Bonchev–Trinajstić information content (AvgIpc) is 2.61. The number of hydrogen-bond acceptors (Lipinski definition) is 4. The number of hydrogen-bond donors (Lipinski definition) is 2. The number of nitrogens with zero attached hydrogens (tertiary/aromatic N) is 2. The van der Waals surface area contributed by atoms with E-state index in [9.17, 15) is 4.79 Å². The van der Waals surface area contributed by atoms with E-state index in [4.69, 9.17) is 11.6 Å². The molecule has 0 spiro atoms. The van der Waals surface area contributed by atoms with Gasteiger partial charge in [0.2, 0.25) is 0 Å². The number of amides is 1. The summed E-state index contributed by atoms with van der Waals surface area (Å²) in [4.78, 5) is 20.7. The molecular formula is C19H17ClN4O. The van der Waals surface area contributed by atoms with E-state index >= 15 is 0 Å². The van der Waals surface area contributed by atoms with Gasteiger partial charge in [0.1, 0.15) is 11.5 Å². The standard InChI is InChI=1S/C19H17ClN4O/c1-12-7-8-14(9-15(12)20)23-18-11-21-17(10-22-18)19(25)24-16-6-4-3-5-13(16)2/h3-11H,1-2H3,(H,22,23)(H,24,25). The molecule has 0 aliphatic heterocycles. The number of aryl methyl sites for hydroxylation is 2. The summed E-state index contributed by atoms with van der Waals surface area (Å²) in [5, 5.41) is 6.61. The third kappa shape index (κ3) is 4.14. The number of benzene rings is 2. The van der Waals surface area contributed by atoms with Crippen molar-refractivity contribution in [2.24, 2.45) is 0 Å². The molecule has 5 nitrogen and oxygen atoms in total. The van der Waals surface area contributed by atoms with E-state index in [1.54, 1.807) is 0 Å². The summed E-state index contributed by atoms with van der Waals surface area (Å²) in [7, 11) is 0. The van der Waals surface area contributed by atoms with Crippen LogP contribution in [-0.2, 0) is 0 Å². The fraction of sp³-hybridized carbons (Fsp3) is 0.105. The van der Waals surface area contributed by atoms with Crippen molar-refractivity contribution >= 4 is 34.7 Å². The van der Waals surface area contributed by atoms with Crippen molar-refractivity contribution in [3.63, 3.8) is 0 Å². The summed E-state index contributed by atoms with van der Waals surface area (Å²) in [5.41, 5.74) is 3.79. The number of aromatic nitrogens is 2. The van der Waals surface area contributed by atoms with Crippen LogP contribution < -0.4 is 10.6 Å². The van der Waals surface area contributed by atoms with Gasteiger partial charge in [-0.1, -0.05) is 35.9 Å². The monoisotopic (exact) mass is 352 g/mol. The average molecular weight is 353 g/mol. The first kappa shape index (κ1) is 16.9. The normalized spacial score (nSPS) is 10.4. The zero-order chi connectivity index (χ0) is 17.8. The molecule has 6 heteroatoms. The molecule has 1 aromatic heterocycles. The molecule has 0 atom stereocenters. The van der Waals surface area contributed by atoms with Gasteiger partial charge in [0, 0.05) is 16.4 Å². The van der Waals surface area contributed by atoms with Gasteiger partial charge in [-0.2, -0.15) is 0 Å². The Hall–Kier alpha value is -2.92. The lowest BCUT2D eigenvalue weighted by atomic mass is 10.2. The quantitative estimate of drug-likeness (QED) is 0.711. The van der Waals surface area contributed by atoms with Crippen molar-refractivity contribution in [3.05, 3.63) is 76.7 Å². The van der Waals surface area contributed by atoms with Crippen LogP contribution in [0.1, 0.15) is 21.6 Å². The molecule has 126 valence electrons. The summed E-state index contributed by atoms with van der Waals surface area (Å²) in [5.74, 6) is 0.235. The van der Waals surface area contributed by atoms with Crippen molar-refractivity contribution in [2.45, 2.75) is 13.8 Å². The molecule has 3 rings (SSSR count).